The van der Waals surface area contributed by atoms with Crippen LogP contribution in [0.5, 0.6) is 0 Å². The van der Waals surface area contributed by atoms with Gasteiger partial charge in [0.1, 0.15) is 0 Å². The molecule has 0 unspecified atom stereocenters. The van der Waals surface area contributed by atoms with Gasteiger partial charge in [-0.1, -0.05) is 68.1 Å². The summed E-state index contributed by atoms with van der Waals surface area (Å²) in [4.78, 5) is 40.1. The maximum Gasteiger partial charge on any atom is 0.333 e. The Labute approximate surface area is 263 Å². The summed E-state index contributed by atoms with van der Waals surface area (Å²) >= 11 is 0. The third-order valence-electron chi connectivity index (χ3n) is 3.87. The molecule has 1 heterocycles. The number of carbonyl (C=O) groups excluding carboxylic acids is 3. The van der Waals surface area contributed by atoms with Crippen molar-refractivity contribution < 1.29 is 117 Å². The second-order valence-corrected chi connectivity index (χ2v) is 7.95. The Morgan fingerprint density at radius 1 is 0.806 bits per heavy atom. The Hall–Kier alpha value is 0.792. The van der Waals surface area contributed by atoms with Crippen LogP contribution in [0.25, 0.3) is 0 Å². The van der Waals surface area contributed by atoms with Crippen molar-refractivity contribution >= 4 is 36.3 Å². The first-order valence-electron chi connectivity index (χ1n) is 8.09. The summed E-state index contributed by atoms with van der Waals surface area (Å²) in [6, 6.07) is 20.0. The molecule has 161 valence electrons. The van der Waals surface area contributed by atoms with Gasteiger partial charge < -0.3 is 19.7 Å². The molecule has 0 bridgehead atoms. The van der Waals surface area contributed by atoms with Crippen molar-refractivity contribution in [2.75, 3.05) is 6.16 Å². The molecule has 2 amide bonds. The van der Waals surface area contributed by atoms with Crippen molar-refractivity contribution in [1.82, 2.24) is 5.06 Å². The number of rotatable bonds is 6. The summed E-state index contributed by atoms with van der Waals surface area (Å²) in [5.41, 5.74) is 0. The number of nitrogens with zero attached hydrogens (tertiary/aromatic N) is 1. The third-order valence-corrected chi connectivity index (χ3v) is 6.39. The van der Waals surface area contributed by atoms with Crippen LogP contribution >= 0.6 is 7.92 Å². The number of hydrogen-bond donors (Lipinski definition) is 0. The summed E-state index contributed by atoms with van der Waals surface area (Å²) < 4.78 is 0. The molecule has 5 nitrogen and oxygen atoms in total. The van der Waals surface area contributed by atoms with Crippen LogP contribution in [0.15, 0.2) is 60.7 Å². The zero-order chi connectivity index (χ0) is 17.6. The van der Waals surface area contributed by atoms with Crippen molar-refractivity contribution in [2.24, 2.45) is 0 Å². The van der Waals surface area contributed by atoms with Gasteiger partial charge >= 0.3 is 5.97 Å². The van der Waals surface area contributed by atoms with Gasteiger partial charge in [0.2, 0.25) is 0 Å². The van der Waals surface area contributed by atoms with E-state index in [2.05, 4.69) is 24.3 Å². The molecule has 3 rings (SSSR count). The largest absolute Gasteiger partial charge is 0.358 e. The number of amides is 2. The van der Waals surface area contributed by atoms with Crippen molar-refractivity contribution in [2.45, 2.75) is 26.7 Å². The molecule has 3 radical (unpaired) electrons. The molecule has 31 heavy (non-hydrogen) atoms. The van der Waals surface area contributed by atoms with Crippen molar-refractivity contribution in [1.29, 1.82) is 0 Å². The van der Waals surface area contributed by atoms with E-state index >= 15 is 0 Å². The third kappa shape index (κ3) is 11.7. The van der Waals surface area contributed by atoms with E-state index in [1.165, 1.54) is 10.6 Å². The summed E-state index contributed by atoms with van der Waals surface area (Å²) in [5, 5.41) is 2.95. The van der Waals surface area contributed by atoms with Gasteiger partial charge in [0.15, 0.2) is 0 Å². The van der Waals surface area contributed by atoms with Crippen LogP contribution in [0.3, 0.4) is 0 Å². The first-order chi connectivity index (χ1) is 12.1. The van der Waals surface area contributed by atoms with Crippen LogP contribution in [0.1, 0.15) is 26.7 Å². The normalized spacial score (nSPS) is 11.5. The fraction of sp³-hybridized carbons (Fsp3) is 0.227. The molecule has 0 aromatic heterocycles. The molecule has 0 atom stereocenters. The minimum Gasteiger partial charge on any atom is -0.358 e. The number of hydroxylamine groups is 2. The molecule has 2 aromatic carbocycles. The molecule has 0 N–H and O–H groups in total. The average Bonchev–Trinajstić information content (AvgIpc) is 2.96. The van der Waals surface area contributed by atoms with Crippen LogP contribution in [0, 0.1) is 14.9 Å². The summed E-state index contributed by atoms with van der Waals surface area (Å²) in [6.45, 7) is 0. The monoisotopic (exact) mass is 668 g/mol. The Morgan fingerprint density at radius 3 is 1.58 bits per heavy atom. The maximum atomic E-state index is 12.1. The Kier molecular flexibility index (Phi) is 25.4. The van der Waals surface area contributed by atoms with Crippen LogP contribution in [0.2, 0.25) is 0 Å². The number of imide groups is 1. The second-order valence-electron chi connectivity index (χ2n) is 5.62. The minimum absolute atomic E-state index is 0. The first-order valence-corrected chi connectivity index (χ1v) is 9.62. The number of hydrogen-bond acceptors (Lipinski definition) is 4. The van der Waals surface area contributed by atoms with E-state index in [9.17, 15) is 14.4 Å². The molecule has 9 heteroatoms. The molecule has 0 saturated carbocycles. The van der Waals surface area contributed by atoms with Gasteiger partial charge in [-0.3, -0.25) is 9.59 Å². The molecule has 0 aliphatic carbocycles. The van der Waals surface area contributed by atoms with Crippen molar-refractivity contribution in [3.8, 4) is 0 Å². The molecule has 0 spiro atoms. The van der Waals surface area contributed by atoms with Gasteiger partial charge in [0.25, 0.3) is 11.8 Å². The Balaban J connectivity index is -0.000000607. The smallest absolute Gasteiger partial charge is 0.333 e. The van der Waals surface area contributed by atoms with Crippen LogP contribution in [0.4, 0.5) is 0 Å². The van der Waals surface area contributed by atoms with E-state index in [1.54, 1.807) is 0 Å². The molecule has 1 fully saturated rings. The van der Waals surface area contributed by atoms with Crippen LogP contribution < -0.4 is 10.6 Å². The van der Waals surface area contributed by atoms with E-state index in [-0.39, 0.29) is 140 Å². The fourth-order valence-corrected chi connectivity index (χ4v) is 4.92. The fourth-order valence-electron chi connectivity index (χ4n) is 2.63. The number of benzene rings is 2. The summed E-state index contributed by atoms with van der Waals surface area (Å²) in [7, 11) is -0.713. The standard InChI is InChI=1S/C19H18NO4P.CH4.2CH3.3Y/c21-17-11-12-18(22)20(17)24-19(23)13-14-25(15-7-3-1-4-8-15)16-9-5-2-6-10-16;;;;;;/h1-10H,11-14H2;1H4;2*1H3;;;/q;;2*-1;;;. The number of carbonyl (C=O) groups is 3. The Morgan fingerprint density at radius 2 is 1.19 bits per heavy atom. The van der Waals surface area contributed by atoms with Gasteiger partial charge in [-0.25, -0.2) is 4.79 Å². The van der Waals surface area contributed by atoms with Gasteiger partial charge in [0, 0.05) is 111 Å². The zero-order valence-corrected chi connectivity index (χ0v) is 26.8. The molecular formula is C22H28NO4PY3-2. The van der Waals surface area contributed by atoms with E-state index in [4.69, 9.17) is 4.84 Å². The maximum absolute atomic E-state index is 12.1. The molecule has 1 saturated heterocycles. The molecule has 2 aromatic rings. The van der Waals surface area contributed by atoms with Gasteiger partial charge in [-0.05, 0) is 24.7 Å². The molecule has 1 aliphatic rings. The van der Waals surface area contributed by atoms with Crippen LogP contribution in [-0.4, -0.2) is 29.0 Å². The van der Waals surface area contributed by atoms with Gasteiger partial charge in [0.05, 0.1) is 6.42 Å². The average molecular weight is 668 g/mol. The van der Waals surface area contributed by atoms with Gasteiger partial charge in [-0.15, -0.1) is 5.06 Å². The SMILES string of the molecule is C.O=C(CCP(c1ccccc1)c1ccccc1)ON1C(=O)CCC1=O.[CH3-].[CH3-].[Y].[Y].[Y]. The first kappa shape index (κ1) is 39.0. The zero-order valence-electron chi connectivity index (χ0n) is 17.4. The predicted molar refractivity (Wildman–Crippen MR) is 115 cm³/mol. The predicted octanol–water partition coefficient (Wildman–Crippen LogP) is 3.65. The van der Waals surface area contributed by atoms with Crippen LogP contribution in [-0.2, 0) is 117 Å². The van der Waals surface area contributed by atoms with E-state index in [0.29, 0.717) is 11.2 Å². The van der Waals surface area contributed by atoms with E-state index in [1.807, 2.05) is 36.4 Å². The van der Waals surface area contributed by atoms with Crippen molar-refractivity contribution in [3.63, 3.8) is 0 Å². The molecular weight excluding hydrogens is 640 g/mol. The topological polar surface area (TPSA) is 63.7 Å². The Bertz CT molecular complexity index is 723. The van der Waals surface area contributed by atoms with E-state index < -0.39 is 25.7 Å². The summed E-state index contributed by atoms with van der Waals surface area (Å²) in [6.07, 6.45) is 0.949. The second kappa shape index (κ2) is 20.2. The van der Waals surface area contributed by atoms with Crippen molar-refractivity contribution in [3.05, 3.63) is 75.5 Å². The summed E-state index contributed by atoms with van der Waals surface area (Å²) in [5.74, 6) is -1.46. The quantitative estimate of drug-likeness (QED) is 0.268. The van der Waals surface area contributed by atoms with E-state index in [0.717, 1.165) is 0 Å². The molecule has 1 aliphatic heterocycles. The minimum atomic E-state index is -0.713. The van der Waals surface area contributed by atoms with Gasteiger partial charge in [-0.2, -0.15) is 0 Å².